The maximum Gasteiger partial charge on any atom is 0.337 e. The van der Waals surface area contributed by atoms with Crippen molar-refractivity contribution in [3.8, 4) is 11.5 Å². The highest BCUT2D eigenvalue weighted by molar-refractivity contribution is 7.80. The summed E-state index contributed by atoms with van der Waals surface area (Å²) in [7, 11) is 2.97. The van der Waals surface area contributed by atoms with Gasteiger partial charge in [-0.25, -0.2) is 4.79 Å². The Morgan fingerprint density at radius 1 is 1.10 bits per heavy atom. The summed E-state index contributed by atoms with van der Waals surface area (Å²) < 4.78 is 16.4. The highest BCUT2D eigenvalue weighted by Gasteiger charge is 2.37. The van der Waals surface area contributed by atoms with Gasteiger partial charge in [-0.2, -0.15) is 0 Å². The number of para-hydroxylation sites is 3. The van der Waals surface area contributed by atoms with E-state index in [-0.39, 0.29) is 0 Å². The Labute approximate surface area is 176 Å². The number of benzene rings is 2. The van der Waals surface area contributed by atoms with Crippen LogP contribution >= 0.6 is 12.2 Å². The molecule has 1 aliphatic rings. The van der Waals surface area contributed by atoms with E-state index in [9.17, 15) is 4.79 Å². The molecule has 0 unspecified atom stereocenters. The number of allylic oxidation sites excluding steroid dienone is 1. The lowest BCUT2D eigenvalue weighted by atomic mass is 9.94. The van der Waals surface area contributed by atoms with Gasteiger partial charge in [0.1, 0.15) is 11.5 Å². The molecule has 6 nitrogen and oxygen atoms in total. The number of anilines is 1. The Morgan fingerprint density at radius 3 is 2.41 bits per heavy atom. The topological polar surface area (TPSA) is 60.0 Å². The average molecular weight is 413 g/mol. The molecule has 29 heavy (non-hydrogen) atoms. The van der Waals surface area contributed by atoms with E-state index in [1.165, 1.54) is 7.11 Å². The number of methoxy groups -OCH3 is 2. The van der Waals surface area contributed by atoms with Crippen LogP contribution < -0.4 is 19.7 Å². The average Bonchev–Trinajstić information content (AvgIpc) is 2.74. The van der Waals surface area contributed by atoms with E-state index in [0.29, 0.717) is 34.5 Å². The highest BCUT2D eigenvalue weighted by atomic mass is 32.1. The predicted octanol–water partition coefficient (Wildman–Crippen LogP) is 3.98. The largest absolute Gasteiger partial charge is 0.495 e. The van der Waals surface area contributed by atoms with Gasteiger partial charge in [0, 0.05) is 11.3 Å². The molecule has 3 rings (SSSR count). The van der Waals surface area contributed by atoms with Gasteiger partial charge in [0.2, 0.25) is 0 Å². The lowest BCUT2D eigenvalue weighted by Crippen LogP contribution is -2.48. The van der Waals surface area contributed by atoms with Crippen LogP contribution in [0, 0.1) is 0 Å². The highest BCUT2D eigenvalue weighted by Crippen LogP contribution is 2.39. The first kappa shape index (κ1) is 20.7. The van der Waals surface area contributed by atoms with Gasteiger partial charge < -0.3 is 19.5 Å². The summed E-state index contributed by atoms with van der Waals surface area (Å²) in [6, 6.07) is 14.6. The SMILES string of the molecule is CCOc1ccccc1[C@@H]1NC(=S)N(c2ccccc2OC)C(C)=C1C(=O)OC. The molecule has 0 aromatic heterocycles. The van der Waals surface area contributed by atoms with Crippen molar-refractivity contribution in [2.75, 3.05) is 25.7 Å². The first-order valence-electron chi connectivity index (χ1n) is 9.27. The smallest absolute Gasteiger partial charge is 0.337 e. The van der Waals surface area contributed by atoms with Crippen molar-refractivity contribution in [3.05, 3.63) is 65.4 Å². The van der Waals surface area contributed by atoms with Gasteiger partial charge in [0.25, 0.3) is 0 Å². The molecule has 0 aliphatic carbocycles. The second kappa shape index (κ2) is 8.96. The molecule has 2 aromatic rings. The second-order valence-electron chi connectivity index (χ2n) is 6.35. The summed E-state index contributed by atoms with van der Waals surface area (Å²) in [5.41, 5.74) is 2.68. The number of nitrogens with zero attached hydrogens (tertiary/aromatic N) is 1. The Morgan fingerprint density at radius 2 is 1.76 bits per heavy atom. The zero-order valence-electron chi connectivity index (χ0n) is 16.9. The van der Waals surface area contributed by atoms with E-state index in [2.05, 4.69) is 5.32 Å². The minimum absolute atomic E-state index is 0.436. The van der Waals surface area contributed by atoms with Crippen LogP contribution in [0.1, 0.15) is 25.5 Å². The van der Waals surface area contributed by atoms with Gasteiger partial charge in [-0.15, -0.1) is 0 Å². The normalized spacial score (nSPS) is 16.3. The molecule has 1 N–H and O–H groups in total. The minimum atomic E-state index is -0.497. The number of rotatable bonds is 6. The molecule has 0 radical (unpaired) electrons. The van der Waals surface area contributed by atoms with Crippen LogP contribution in [0.5, 0.6) is 11.5 Å². The summed E-state index contributed by atoms with van der Waals surface area (Å²) in [4.78, 5) is 14.6. The summed E-state index contributed by atoms with van der Waals surface area (Å²) >= 11 is 5.69. The molecule has 0 bridgehead atoms. The van der Waals surface area contributed by atoms with Gasteiger partial charge >= 0.3 is 5.97 Å². The quantitative estimate of drug-likeness (QED) is 0.569. The molecule has 0 spiro atoms. The number of carbonyl (C=O) groups is 1. The number of hydrogen-bond donors (Lipinski definition) is 1. The lowest BCUT2D eigenvalue weighted by molar-refractivity contribution is -0.136. The molecule has 0 saturated carbocycles. The third kappa shape index (κ3) is 3.91. The Balaban J connectivity index is 2.18. The monoisotopic (exact) mass is 412 g/mol. The zero-order valence-corrected chi connectivity index (χ0v) is 17.7. The van der Waals surface area contributed by atoms with Crippen LogP contribution in [0.4, 0.5) is 5.69 Å². The third-order valence-corrected chi connectivity index (χ3v) is 5.05. The molecular formula is C22H24N2O4S. The fourth-order valence-corrected chi connectivity index (χ4v) is 3.81. The molecule has 0 saturated heterocycles. The van der Waals surface area contributed by atoms with Crippen LogP contribution in [0.3, 0.4) is 0 Å². The molecule has 1 atom stereocenters. The first-order valence-corrected chi connectivity index (χ1v) is 9.68. The van der Waals surface area contributed by atoms with Gasteiger partial charge in [-0.05, 0) is 44.3 Å². The van der Waals surface area contributed by atoms with Gasteiger partial charge in [-0.3, -0.25) is 4.90 Å². The molecule has 7 heteroatoms. The van der Waals surface area contributed by atoms with Gasteiger partial charge in [0.15, 0.2) is 5.11 Å². The molecular weight excluding hydrogens is 388 g/mol. The Kier molecular flexibility index (Phi) is 6.39. The standard InChI is InChI=1S/C22H24N2O4S/c1-5-28-17-12-8-6-10-15(17)20-19(21(25)27-4)14(2)24(22(29)23-20)16-11-7-9-13-18(16)26-3/h6-13,20H,5H2,1-4H3,(H,23,29)/t20-/m0/s1. The van der Waals surface area contributed by atoms with E-state index in [0.717, 1.165) is 11.3 Å². The van der Waals surface area contributed by atoms with E-state index >= 15 is 0 Å². The predicted molar refractivity (Wildman–Crippen MR) is 116 cm³/mol. The summed E-state index contributed by atoms with van der Waals surface area (Å²) in [6.45, 7) is 4.28. The Hall–Kier alpha value is -3.06. The Bertz CT molecular complexity index is 957. The second-order valence-corrected chi connectivity index (χ2v) is 6.74. The molecule has 0 amide bonds. The number of hydrogen-bond acceptors (Lipinski definition) is 5. The van der Waals surface area contributed by atoms with Crippen molar-refractivity contribution < 1.29 is 19.0 Å². The molecule has 1 heterocycles. The van der Waals surface area contributed by atoms with E-state index in [1.807, 2.05) is 62.4 Å². The number of nitrogens with one attached hydrogen (secondary N) is 1. The maximum absolute atomic E-state index is 12.8. The lowest BCUT2D eigenvalue weighted by Gasteiger charge is -2.38. The van der Waals surface area contributed by atoms with Gasteiger partial charge in [-0.1, -0.05) is 30.3 Å². The molecule has 152 valence electrons. The first-order chi connectivity index (χ1) is 14.0. The zero-order chi connectivity index (χ0) is 21.0. The van der Waals surface area contributed by atoms with Crippen LogP contribution in [0.2, 0.25) is 0 Å². The van der Waals surface area contributed by atoms with Crippen LogP contribution in [-0.2, 0) is 9.53 Å². The third-order valence-electron chi connectivity index (χ3n) is 4.75. The summed E-state index contributed by atoms with van der Waals surface area (Å²) in [6.07, 6.45) is 0. The molecule has 0 fully saturated rings. The fourth-order valence-electron chi connectivity index (χ4n) is 3.46. The minimum Gasteiger partial charge on any atom is -0.495 e. The number of esters is 1. The van der Waals surface area contributed by atoms with E-state index < -0.39 is 12.0 Å². The number of carbonyl (C=O) groups excluding carboxylic acids is 1. The summed E-state index contributed by atoms with van der Waals surface area (Å²) in [5.74, 6) is 0.900. The number of ether oxygens (including phenoxy) is 3. The molecule has 1 aliphatic heterocycles. The van der Waals surface area contributed by atoms with Gasteiger partial charge in [0.05, 0.1) is 38.1 Å². The van der Waals surface area contributed by atoms with E-state index in [1.54, 1.807) is 12.0 Å². The van der Waals surface area contributed by atoms with Crippen LogP contribution in [-0.4, -0.2) is 31.9 Å². The van der Waals surface area contributed by atoms with Crippen molar-refractivity contribution in [1.82, 2.24) is 5.32 Å². The van der Waals surface area contributed by atoms with Crippen molar-refractivity contribution in [3.63, 3.8) is 0 Å². The fraction of sp³-hybridized carbons (Fsp3) is 0.273. The van der Waals surface area contributed by atoms with Crippen molar-refractivity contribution >= 4 is 29.0 Å². The van der Waals surface area contributed by atoms with Crippen molar-refractivity contribution in [2.24, 2.45) is 0 Å². The van der Waals surface area contributed by atoms with Crippen molar-refractivity contribution in [1.29, 1.82) is 0 Å². The molecule has 2 aromatic carbocycles. The van der Waals surface area contributed by atoms with Crippen LogP contribution in [0.15, 0.2) is 59.8 Å². The summed E-state index contributed by atoms with van der Waals surface area (Å²) in [5, 5.41) is 3.74. The van der Waals surface area contributed by atoms with Crippen molar-refractivity contribution in [2.45, 2.75) is 19.9 Å². The van der Waals surface area contributed by atoms with Crippen LogP contribution in [0.25, 0.3) is 0 Å². The maximum atomic E-state index is 12.8. The van der Waals surface area contributed by atoms with E-state index in [4.69, 9.17) is 26.4 Å². The number of thiocarbonyl (C=S) groups is 1.